The molecule has 1 heterocycles. The summed E-state index contributed by atoms with van der Waals surface area (Å²) in [6.07, 6.45) is 3.03. The Bertz CT molecular complexity index is 537. The van der Waals surface area contributed by atoms with E-state index in [-0.39, 0.29) is 0 Å². The van der Waals surface area contributed by atoms with E-state index in [1.54, 1.807) is 28.6 Å². The lowest BCUT2D eigenvalue weighted by atomic mass is 9.96. The fraction of sp³-hybridized carbons (Fsp3) is 0.600. The van der Waals surface area contributed by atoms with E-state index >= 15 is 0 Å². The molecule has 0 aromatic heterocycles. The molecule has 0 bridgehead atoms. The maximum Gasteiger partial charge on any atom is 0.243 e. The van der Waals surface area contributed by atoms with Gasteiger partial charge in [-0.15, -0.1) is 11.6 Å². The molecular formula is C15H22ClNO3S. The van der Waals surface area contributed by atoms with Crippen molar-refractivity contribution >= 4 is 21.6 Å². The fourth-order valence-electron chi connectivity index (χ4n) is 2.57. The molecule has 21 heavy (non-hydrogen) atoms. The Balaban J connectivity index is 2.05. The third-order valence-electron chi connectivity index (χ3n) is 3.96. The molecule has 0 aliphatic carbocycles. The van der Waals surface area contributed by atoms with E-state index in [0.29, 0.717) is 42.1 Å². The molecule has 1 fully saturated rings. The normalized spacial score (nSPS) is 17.8. The first kappa shape index (κ1) is 16.6. The summed E-state index contributed by atoms with van der Waals surface area (Å²) in [6.45, 7) is 3.81. The van der Waals surface area contributed by atoms with Crippen LogP contribution < -0.4 is 4.74 Å². The Morgan fingerprint density at radius 1 is 1.24 bits per heavy atom. The highest BCUT2D eigenvalue weighted by atomic mass is 35.5. The Hall–Kier alpha value is -0.780. The van der Waals surface area contributed by atoms with Gasteiger partial charge in [-0.05, 0) is 43.0 Å². The van der Waals surface area contributed by atoms with E-state index in [9.17, 15) is 8.42 Å². The minimum absolute atomic E-state index is 0.329. The molecule has 1 aliphatic heterocycles. The molecule has 0 N–H and O–H groups in total. The van der Waals surface area contributed by atoms with E-state index in [1.165, 1.54) is 0 Å². The summed E-state index contributed by atoms with van der Waals surface area (Å²) in [5, 5.41) is 0. The van der Waals surface area contributed by atoms with Crippen LogP contribution in [-0.2, 0) is 10.0 Å². The fourth-order valence-corrected chi connectivity index (χ4v) is 4.12. The lowest BCUT2D eigenvalue weighted by molar-refractivity contribution is 0.269. The topological polar surface area (TPSA) is 46.6 Å². The highest BCUT2D eigenvalue weighted by Gasteiger charge is 2.28. The number of halogens is 1. The van der Waals surface area contributed by atoms with Gasteiger partial charge in [-0.3, -0.25) is 0 Å². The van der Waals surface area contributed by atoms with E-state index in [2.05, 4.69) is 6.92 Å². The zero-order valence-corrected chi connectivity index (χ0v) is 13.9. The maximum absolute atomic E-state index is 12.6. The first-order valence-electron chi connectivity index (χ1n) is 7.37. The van der Waals surface area contributed by atoms with Crippen molar-refractivity contribution in [1.82, 2.24) is 4.31 Å². The molecule has 0 saturated carbocycles. The number of benzene rings is 1. The summed E-state index contributed by atoms with van der Waals surface area (Å²) in [5.41, 5.74) is 0. The van der Waals surface area contributed by atoms with E-state index < -0.39 is 10.0 Å². The predicted molar refractivity (Wildman–Crippen MR) is 84.4 cm³/mol. The van der Waals surface area contributed by atoms with Gasteiger partial charge in [0, 0.05) is 13.1 Å². The van der Waals surface area contributed by atoms with Crippen molar-refractivity contribution in [3.63, 3.8) is 0 Å². The number of sulfonamides is 1. The van der Waals surface area contributed by atoms with Crippen LogP contribution in [0, 0.1) is 5.92 Å². The zero-order valence-electron chi connectivity index (χ0n) is 12.3. The van der Waals surface area contributed by atoms with Gasteiger partial charge in [0.15, 0.2) is 0 Å². The standard InChI is InChI=1S/C15H22ClNO3S/c1-2-13-7-10-17(11-8-13)21(18,19)15-5-3-14(4-6-15)20-12-9-16/h3-6,13H,2,7-12H2,1H3. The molecule has 1 aromatic rings. The number of nitrogens with zero attached hydrogens (tertiary/aromatic N) is 1. The SMILES string of the molecule is CCC1CCN(S(=O)(=O)c2ccc(OCCCl)cc2)CC1. The van der Waals surface area contributed by atoms with Crippen molar-refractivity contribution < 1.29 is 13.2 Å². The number of hydrogen-bond acceptors (Lipinski definition) is 3. The monoisotopic (exact) mass is 331 g/mol. The summed E-state index contributed by atoms with van der Waals surface area (Å²) in [6, 6.07) is 6.56. The van der Waals surface area contributed by atoms with Crippen molar-refractivity contribution in [1.29, 1.82) is 0 Å². The maximum atomic E-state index is 12.6. The summed E-state index contributed by atoms with van der Waals surface area (Å²) in [5.74, 6) is 1.70. The molecule has 1 aromatic carbocycles. The highest BCUT2D eigenvalue weighted by Crippen LogP contribution is 2.26. The molecule has 2 rings (SSSR count). The second-order valence-corrected chi connectivity index (χ2v) is 7.58. The van der Waals surface area contributed by atoms with Crippen LogP contribution in [0.3, 0.4) is 0 Å². The molecule has 0 atom stereocenters. The largest absolute Gasteiger partial charge is 0.492 e. The van der Waals surface area contributed by atoms with Gasteiger partial charge in [-0.2, -0.15) is 4.31 Å². The Kier molecular flexibility index (Phi) is 5.90. The Labute approximate surface area is 132 Å². The smallest absolute Gasteiger partial charge is 0.243 e. The van der Waals surface area contributed by atoms with Gasteiger partial charge in [0.2, 0.25) is 10.0 Å². The van der Waals surface area contributed by atoms with Crippen LogP contribution in [-0.4, -0.2) is 38.3 Å². The van der Waals surface area contributed by atoms with E-state index in [4.69, 9.17) is 16.3 Å². The molecular weight excluding hydrogens is 310 g/mol. The van der Waals surface area contributed by atoms with Crippen LogP contribution in [0.5, 0.6) is 5.75 Å². The van der Waals surface area contributed by atoms with Crippen molar-refractivity contribution in [2.75, 3.05) is 25.6 Å². The third-order valence-corrected chi connectivity index (χ3v) is 6.03. The first-order valence-corrected chi connectivity index (χ1v) is 9.34. The highest BCUT2D eigenvalue weighted by molar-refractivity contribution is 7.89. The number of ether oxygens (including phenoxy) is 1. The molecule has 4 nitrogen and oxygen atoms in total. The number of piperidine rings is 1. The minimum Gasteiger partial charge on any atom is -0.492 e. The predicted octanol–water partition coefficient (Wildman–Crippen LogP) is 3.11. The molecule has 6 heteroatoms. The number of hydrogen-bond donors (Lipinski definition) is 0. The summed E-state index contributed by atoms with van der Waals surface area (Å²) >= 11 is 5.55. The van der Waals surface area contributed by atoms with Crippen LogP contribution in [0.4, 0.5) is 0 Å². The van der Waals surface area contributed by atoms with Gasteiger partial charge >= 0.3 is 0 Å². The van der Waals surface area contributed by atoms with Crippen LogP contribution >= 0.6 is 11.6 Å². The van der Waals surface area contributed by atoms with Gasteiger partial charge in [0.1, 0.15) is 12.4 Å². The summed E-state index contributed by atoms with van der Waals surface area (Å²) in [7, 11) is -3.38. The average Bonchev–Trinajstić information content (AvgIpc) is 2.53. The van der Waals surface area contributed by atoms with Gasteiger partial charge in [0.25, 0.3) is 0 Å². The summed E-state index contributed by atoms with van der Waals surface area (Å²) in [4.78, 5) is 0.329. The molecule has 118 valence electrons. The van der Waals surface area contributed by atoms with Gasteiger partial charge in [0.05, 0.1) is 10.8 Å². The van der Waals surface area contributed by atoms with Gasteiger partial charge < -0.3 is 4.74 Å². The van der Waals surface area contributed by atoms with Crippen molar-refractivity contribution in [3.8, 4) is 5.75 Å². The van der Waals surface area contributed by atoms with E-state index in [1.807, 2.05) is 0 Å². The van der Waals surface area contributed by atoms with Crippen molar-refractivity contribution in [2.24, 2.45) is 5.92 Å². The Morgan fingerprint density at radius 2 is 1.86 bits per heavy atom. The lowest BCUT2D eigenvalue weighted by Crippen LogP contribution is -2.38. The van der Waals surface area contributed by atoms with Crippen LogP contribution in [0.25, 0.3) is 0 Å². The molecule has 1 aliphatic rings. The number of rotatable bonds is 6. The first-order chi connectivity index (χ1) is 10.1. The molecule has 1 saturated heterocycles. The molecule has 0 unspecified atom stereocenters. The van der Waals surface area contributed by atoms with Gasteiger partial charge in [-0.25, -0.2) is 8.42 Å². The second-order valence-electron chi connectivity index (χ2n) is 5.26. The van der Waals surface area contributed by atoms with Crippen molar-refractivity contribution in [2.45, 2.75) is 31.1 Å². The lowest BCUT2D eigenvalue weighted by Gasteiger charge is -2.30. The molecule has 0 spiro atoms. The number of alkyl halides is 1. The van der Waals surface area contributed by atoms with E-state index in [0.717, 1.165) is 19.3 Å². The van der Waals surface area contributed by atoms with Crippen LogP contribution in [0.1, 0.15) is 26.2 Å². The molecule has 0 radical (unpaired) electrons. The molecule has 0 amide bonds. The quantitative estimate of drug-likeness (QED) is 0.752. The zero-order chi connectivity index (χ0) is 15.3. The van der Waals surface area contributed by atoms with Crippen molar-refractivity contribution in [3.05, 3.63) is 24.3 Å². The average molecular weight is 332 g/mol. The third kappa shape index (κ3) is 4.11. The van der Waals surface area contributed by atoms with Crippen LogP contribution in [0.2, 0.25) is 0 Å². The second kappa shape index (κ2) is 7.47. The summed E-state index contributed by atoms with van der Waals surface area (Å²) < 4.78 is 32.1. The minimum atomic E-state index is -3.38. The van der Waals surface area contributed by atoms with Crippen LogP contribution in [0.15, 0.2) is 29.2 Å². The Morgan fingerprint density at radius 3 is 2.38 bits per heavy atom. The van der Waals surface area contributed by atoms with Gasteiger partial charge in [-0.1, -0.05) is 13.3 Å².